The van der Waals surface area contributed by atoms with E-state index < -0.39 is 6.10 Å². The molecule has 1 fully saturated rings. The number of hydrogen-bond acceptors (Lipinski definition) is 5. The summed E-state index contributed by atoms with van der Waals surface area (Å²) in [7, 11) is 0. The maximum absolute atomic E-state index is 12.2. The van der Waals surface area contributed by atoms with Gasteiger partial charge in [-0.25, -0.2) is 0 Å². The zero-order valence-electron chi connectivity index (χ0n) is 9.89. The summed E-state index contributed by atoms with van der Waals surface area (Å²) in [5.74, 6) is 1.22. The molecule has 0 N–H and O–H groups in total. The molecule has 5 nitrogen and oxygen atoms in total. The molecule has 2 aliphatic rings. The predicted molar refractivity (Wildman–Crippen MR) is 62.3 cm³/mol. The lowest BCUT2D eigenvalue weighted by atomic mass is 10.1. The fourth-order valence-electron chi connectivity index (χ4n) is 2.02. The smallest absolute Gasteiger partial charge is 0.194 e. The van der Waals surface area contributed by atoms with Crippen molar-refractivity contribution in [3.8, 4) is 11.5 Å². The minimum atomic E-state index is -0.513. The lowest BCUT2D eigenvalue weighted by molar-refractivity contribution is -0.0719. The topological polar surface area (TPSA) is 54.0 Å². The third-order valence-corrected chi connectivity index (χ3v) is 2.94. The van der Waals surface area contributed by atoms with E-state index in [1.807, 2.05) is 0 Å². The number of Topliss-reactive ketones (excluding diaryl/α,β-unsaturated/α-hetero) is 1. The normalized spacial score (nSPS) is 22.6. The molecule has 1 saturated heterocycles. The zero-order valence-corrected chi connectivity index (χ0v) is 9.89. The van der Waals surface area contributed by atoms with Gasteiger partial charge in [0.1, 0.15) is 19.3 Å². The van der Waals surface area contributed by atoms with Crippen LogP contribution in [0.25, 0.3) is 0 Å². The van der Waals surface area contributed by atoms with Crippen molar-refractivity contribution in [2.45, 2.75) is 6.10 Å². The molecule has 0 bridgehead atoms. The number of rotatable bonds is 2. The van der Waals surface area contributed by atoms with Gasteiger partial charge in [0.05, 0.1) is 19.8 Å². The van der Waals surface area contributed by atoms with Gasteiger partial charge in [-0.1, -0.05) is 0 Å². The second kappa shape index (κ2) is 4.96. The third kappa shape index (κ3) is 2.19. The highest BCUT2D eigenvalue weighted by Crippen LogP contribution is 2.31. The van der Waals surface area contributed by atoms with Gasteiger partial charge in [0.15, 0.2) is 17.3 Å². The summed E-state index contributed by atoms with van der Waals surface area (Å²) in [6.07, 6.45) is -0.513. The maximum Gasteiger partial charge on any atom is 0.194 e. The molecule has 1 aromatic carbocycles. The number of hydrogen-bond donors (Lipinski definition) is 0. The molecule has 0 radical (unpaired) electrons. The van der Waals surface area contributed by atoms with Crippen LogP contribution in [0.5, 0.6) is 11.5 Å². The first-order valence-corrected chi connectivity index (χ1v) is 5.98. The van der Waals surface area contributed by atoms with Gasteiger partial charge in [-0.3, -0.25) is 4.79 Å². The molecule has 2 aliphatic heterocycles. The van der Waals surface area contributed by atoms with Crippen molar-refractivity contribution in [1.82, 2.24) is 0 Å². The van der Waals surface area contributed by atoms with Gasteiger partial charge in [0, 0.05) is 5.56 Å². The molecule has 0 aliphatic carbocycles. The molecule has 2 heterocycles. The lowest BCUT2D eigenvalue weighted by Gasteiger charge is -2.23. The van der Waals surface area contributed by atoms with Gasteiger partial charge in [0.2, 0.25) is 0 Å². The summed E-state index contributed by atoms with van der Waals surface area (Å²) in [4.78, 5) is 12.2. The van der Waals surface area contributed by atoms with E-state index >= 15 is 0 Å². The number of carbonyl (C=O) groups is 1. The average Bonchev–Trinajstić information content (AvgIpc) is 2.47. The van der Waals surface area contributed by atoms with Gasteiger partial charge < -0.3 is 18.9 Å². The first-order chi connectivity index (χ1) is 8.84. The van der Waals surface area contributed by atoms with Crippen LogP contribution < -0.4 is 9.47 Å². The monoisotopic (exact) mass is 250 g/mol. The molecule has 0 amide bonds. The Bertz CT molecular complexity index is 451. The Hall–Kier alpha value is -1.59. The molecule has 3 rings (SSSR count). The van der Waals surface area contributed by atoms with Crippen molar-refractivity contribution in [3.63, 3.8) is 0 Å². The van der Waals surface area contributed by atoms with Gasteiger partial charge in [-0.05, 0) is 18.2 Å². The first kappa shape index (κ1) is 11.5. The molecule has 1 atom stereocenters. The van der Waals surface area contributed by atoms with E-state index in [0.717, 1.165) is 0 Å². The molecule has 5 heteroatoms. The minimum absolute atomic E-state index is 0.0772. The quantitative estimate of drug-likeness (QED) is 0.734. The number of ketones is 1. The fraction of sp³-hybridized carbons (Fsp3) is 0.462. The summed E-state index contributed by atoms with van der Waals surface area (Å²) in [5.41, 5.74) is 0.565. The van der Waals surface area contributed by atoms with Crippen LogP contribution in [-0.2, 0) is 9.47 Å². The van der Waals surface area contributed by atoms with Crippen molar-refractivity contribution in [3.05, 3.63) is 23.8 Å². The number of fused-ring (bicyclic) bond motifs is 1. The van der Waals surface area contributed by atoms with Crippen molar-refractivity contribution in [2.24, 2.45) is 0 Å². The van der Waals surface area contributed by atoms with E-state index in [1.54, 1.807) is 18.2 Å². The van der Waals surface area contributed by atoms with Crippen LogP contribution >= 0.6 is 0 Å². The van der Waals surface area contributed by atoms with E-state index in [1.165, 1.54) is 0 Å². The van der Waals surface area contributed by atoms with Crippen LogP contribution in [0.15, 0.2) is 18.2 Å². The van der Waals surface area contributed by atoms with Crippen LogP contribution in [0.2, 0.25) is 0 Å². The maximum atomic E-state index is 12.2. The van der Waals surface area contributed by atoms with Crippen molar-refractivity contribution in [2.75, 3.05) is 33.0 Å². The Morgan fingerprint density at radius 2 is 1.89 bits per heavy atom. The first-order valence-electron chi connectivity index (χ1n) is 5.98. The fourth-order valence-corrected chi connectivity index (χ4v) is 2.02. The van der Waals surface area contributed by atoms with Gasteiger partial charge >= 0.3 is 0 Å². The van der Waals surface area contributed by atoms with Crippen molar-refractivity contribution < 1.29 is 23.7 Å². The highest BCUT2D eigenvalue weighted by Gasteiger charge is 2.25. The molecule has 1 unspecified atom stereocenters. The highest BCUT2D eigenvalue weighted by molar-refractivity contribution is 6.00. The number of carbonyl (C=O) groups excluding carboxylic acids is 1. The summed E-state index contributed by atoms with van der Waals surface area (Å²) < 4.78 is 21.5. The van der Waals surface area contributed by atoms with E-state index in [9.17, 15) is 4.79 Å². The van der Waals surface area contributed by atoms with E-state index in [-0.39, 0.29) is 5.78 Å². The van der Waals surface area contributed by atoms with Crippen molar-refractivity contribution >= 4 is 5.78 Å². The Morgan fingerprint density at radius 3 is 2.67 bits per heavy atom. The van der Waals surface area contributed by atoms with E-state index in [0.29, 0.717) is 50.1 Å². The largest absolute Gasteiger partial charge is 0.486 e. The van der Waals surface area contributed by atoms with E-state index in [2.05, 4.69) is 0 Å². The average molecular weight is 250 g/mol. The van der Waals surface area contributed by atoms with Crippen LogP contribution in [0.1, 0.15) is 10.4 Å². The Kier molecular flexibility index (Phi) is 3.17. The summed E-state index contributed by atoms with van der Waals surface area (Å²) in [6.45, 7) is 2.37. The highest BCUT2D eigenvalue weighted by atomic mass is 16.6. The Morgan fingerprint density at radius 1 is 1.06 bits per heavy atom. The van der Waals surface area contributed by atoms with Gasteiger partial charge in [-0.2, -0.15) is 0 Å². The van der Waals surface area contributed by atoms with E-state index in [4.69, 9.17) is 18.9 Å². The molecule has 1 aromatic rings. The zero-order chi connectivity index (χ0) is 12.4. The van der Waals surface area contributed by atoms with Crippen molar-refractivity contribution in [1.29, 1.82) is 0 Å². The second-order valence-electron chi connectivity index (χ2n) is 4.16. The molecule has 0 aromatic heterocycles. The minimum Gasteiger partial charge on any atom is -0.486 e. The Balaban J connectivity index is 1.80. The van der Waals surface area contributed by atoms with Crippen LogP contribution in [0.4, 0.5) is 0 Å². The van der Waals surface area contributed by atoms with Crippen LogP contribution in [-0.4, -0.2) is 44.9 Å². The second-order valence-corrected chi connectivity index (χ2v) is 4.16. The molecule has 96 valence electrons. The van der Waals surface area contributed by atoms with Crippen LogP contribution in [0, 0.1) is 0 Å². The van der Waals surface area contributed by atoms with Gasteiger partial charge in [-0.15, -0.1) is 0 Å². The Labute approximate surface area is 105 Å². The van der Waals surface area contributed by atoms with Crippen LogP contribution in [0.3, 0.4) is 0 Å². The molecule has 0 saturated carbocycles. The summed E-state index contributed by atoms with van der Waals surface area (Å²) in [6, 6.07) is 5.19. The molecular weight excluding hydrogens is 236 g/mol. The summed E-state index contributed by atoms with van der Waals surface area (Å²) >= 11 is 0. The molecule has 18 heavy (non-hydrogen) atoms. The lowest BCUT2D eigenvalue weighted by Crippen LogP contribution is -2.35. The SMILES string of the molecule is O=C(c1ccc2c(c1)OCCO2)C1COCCO1. The van der Waals surface area contributed by atoms with Gasteiger partial charge in [0.25, 0.3) is 0 Å². The third-order valence-electron chi connectivity index (χ3n) is 2.94. The standard InChI is InChI=1S/C13H14O5/c14-13(12-8-15-3-4-18-12)9-1-2-10-11(7-9)17-6-5-16-10/h1-2,7,12H,3-6,8H2. The number of benzene rings is 1. The predicted octanol–water partition coefficient (Wildman–Crippen LogP) is 1.06. The molecule has 0 spiro atoms. The summed E-state index contributed by atoms with van der Waals surface area (Å²) in [5, 5.41) is 0. The number of ether oxygens (including phenoxy) is 4. The molecular formula is C13H14O5.